The summed E-state index contributed by atoms with van der Waals surface area (Å²) in [5.74, 6) is 3.42. The van der Waals surface area contributed by atoms with Gasteiger partial charge in [0.2, 0.25) is 0 Å². The minimum absolute atomic E-state index is 0.203. The molecule has 2 aliphatic heterocycles. The third-order valence-corrected chi connectivity index (χ3v) is 5.18. The number of piperidine rings is 2. The Hall–Kier alpha value is -2.05. The van der Waals surface area contributed by atoms with Crippen LogP contribution < -0.4 is 10.2 Å². The van der Waals surface area contributed by atoms with Gasteiger partial charge >= 0.3 is 6.09 Å². The largest absolute Gasteiger partial charge is 0.450 e. The van der Waals surface area contributed by atoms with Gasteiger partial charge < -0.3 is 19.9 Å². The van der Waals surface area contributed by atoms with Crippen LogP contribution in [0.2, 0.25) is 0 Å². The number of likely N-dealkylation sites (tertiary alicyclic amines) is 1. The van der Waals surface area contributed by atoms with Gasteiger partial charge in [0.25, 0.3) is 0 Å². The number of anilines is 2. The molecule has 1 aromatic heterocycles. The zero-order chi connectivity index (χ0) is 18.5. The van der Waals surface area contributed by atoms with E-state index >= 15 is 0 Å². The fourth-order valence-corrected chi connectivity index (χ4v) is 3.82. The lowest BCUT2D eigenvalue weighted by Gasteiger charge is -2.33. The number of nitrogens with zero attached hydrogens (tertiary/aromatic N) is 4. The standard InChI is InChI=1S/C19H31N5O2/c1-4-26-19(25)23-10-7-16(8-11-23)22-17-12-18(21-15(3)20-17)24-9-5-6-14(2)13-24/h12,14,16H,4-11,13H2,1-3H3,(H,20,21,22). The molecule has 0 bridgehead atoms. The van der Waals surface area contributed by atoms with Gasteiger partial charge in [-0.1, -0.05) is 6.92 Å². The zero-order valence-corrected chi connectivity index (χ0v) is 16.2. The van der Waals surface area contributed by atoms with Crippen LogP contribution in [0.15, 0.2) is 6.07 Å². The summed E-state index contributed by atoms with van der Waals surface area (Å²) >= 11 is 0. The molecule has 7 heteroatoms. The fourth-order valence-electron chi connectivity index (χ4n) is 3.82. The SMILES string of the molecule is CCOC(=O)N1CCC(Nc2cc(N3CCCC(C)C3)nc(C)n2)CC1. The molecule has 0 aromatic carbocycles. The van der Waals surface area contributed by atoms with Gasteiger partial charge in [-0.05, 0) is 45.4 Å². The number of nitrogens with one attached hydrogen (secondary N) is 1. The summed E-state index contributed by atoms with van der Waals surface area (Å²) in [5, 5.41) is 3.55. The molecule has 1 unspecified atom stereocenters. The zero-order valence-electron chi connectivity index (χ0n) is 16.2. The Labute approximate surface area is 156 Å². The third-order valence-electron chi connectivity index (χ3n) is 5.18. The second kappa shape index (κ2) is 8.56. The van der Waals surface area contributed by atoms with Crippen molar-refractivity contribution >= 4 is 17.7 Å². The molecule has 1 aromatic rings. The van der Waals surface area contributed by atoms with Crippen LogP contribution in [0.1, 0.15) is 45.4 Å². The predicted molar refractivity (Wildman–Crippen MR) is 103 cm³/mol. The Morgan fingerprint density at radius 2 is 2.04 bits per heavy atom. The summed E-state index contributed by atoms with van der Waals surface area (Å²) in [4.78, 5) is 25.2. The number of rotatable bonds is 4. The van der Waals surface area contributed by atoms with Gasteiger partial charge in [0.05, 0.1) is 6.61 Å². The first-order valence-corrected chi connectivity index (χ1v) is 9.84. The Morgan fingerprint density at radius 1 is 1.27 bits per heavy atom. The van der Waals surface area contributed by atoms with E-state index in [0.717, 1.165) is 56.5 Å². The molecule has 26 heavy (non-hydrogen) atoms. The third kappa shape index (κ3) is 4.77. The Kier molecular flexibility index (Phi) is 6.16. The number of carbonyl (C=O) groups is 1. The molecular weight excluding hydrogens is 330 g/mol. The van der Waals surface area contributed by atoms with Crippen molar-refractivity contribution in [3.05, 3.63) is 11.9 Å². The highest BCUT2D eigenvalue weighted by Gasteiger charge is 2.24. The van der Waals surface area contributed by atoms with E-state index in [9.17, 15) is 4.79 Å². The van der Waals surface area contributed by atoms with Crippen molar-refractivity contribution in [2.45, 2.75) is 52.5 Å². The molecule has 7 nitrogen and oxygen atoms in total. The Bertz CT molecular complexity index is 616. The first-order chi connectivity index (χ1) is 12.5. The van der Waals surface area contributed by atoms with E-state index in [0.29, 0.717) is 18.6 Å². The minimum atomic E-state index is -0.203. The van der Waals surface area contributed by atoms with Crippen LogP contribution in [-0.2, 0) is 4.74 Å². The summed E-state index contributed by atoms with van der Waals surface area (Å²) in [6, 6.07) is 2.39. The summed E-state index contributed by atoms with van der Waals surface area (Å²) in [6.07, 6.45) is 4.12. The molecule has 0 radical (unpaired) electrons. The monoisotopic (exact) mass is 361 g/mol. The normalized spacial score (nSPS) is 21.6. The first kappa shape index (κ1) is 18.7. The lowest BCUT2D eigenvalue weighted by Crippen LogP contribution is -2.42. The van der Waals surface area contributed by atoms with Crippen LogP contribution in [0.5, 0.6) is 0 Å². The maximum absolute atomic E-state index is 11.8. The molecule has 144 valence electrons. The lowest BCUT2D eigenvalue weighted by atomic mass is 10.0. The van der Waals surface area contributed by atoms with Crippen molar-refractivity contribution in [3.8, 4) is 0 Å². The summed E-state index contributed by atoms with van der Waals surface area (Å²) < 4.78 is 5.08. The molecule has 3 rings (SSSR count). The second-order valence-electron chi connectivity index (χ2n) is 7.46. The molecule has 0 spiro atoms. The van der Waals surface area contributed by atoms with Gasteiger partial charge in [0.1, 0.15) is 17.5 Å². The number of aromatic nitrogens is 2. The molecule has 2 saturated heterocycles. The number of hydrogen-bond donors (Lipinski definition) is 1. The van der Waals surface area contributed by atoms with E-state index < -0.39 is 0 Å². The van der Waals surface area contributed by atoms with E-state index in [-0.39, 0.29) is 6.09 Å². The summed E-state index contributed by atoms with van der Waals surface area (Å²) in [5.41, 5.74) is 0. The minimum Gasteiger partial charge on any atom is -0.450 e. The maximum Gasteiger partial charge on any atom is 0.409 e. The van der Waals surface area contributed by atoms with Gasteiger partial charge in [0.15, 0.2) is 0 Å². The van der Waals surface area contributed by atoms with E-state index in [1.165, 1.54) is 12.8 Å². The fraction of sp³-hybridized carbons (Fsp3) is 0.737. The molecule has 0 aliphatic carbocycles. The first-order valence-electron chi connectivity index (χ1n) is 9.84. The highest BCUT2D eigenvalue weighted by atomic mass is 16.6. The molecule has 2 aliphatic rings. The number of carbonyl (C=O) groups excluding carboxylic acids is 1. The van der Waals surface area contributed by atoms with Gasteiger partial charge in [-0.3, -0.25) is 0 Å². The molecule has 1 atom stereocenters. The van der Waals surface area contributed by atoms with Crippen molar-refractivity contribution in [2.24, 2.45) is 5.92 Å². The average Bonchev–Trinajstić information content (AvgIpc) is 2.62. The van der Waals surface area contributed by atoms with Crippen LogP contribution in [0, 0.1) is 12.8 Å². The van der Waals surface area contributed by atoms with Gasteiger partial charge in [-0.15, -0.1) is 0 Å². The maximum atomic E-state index is 11.8. The molecule has 1 N–H and O–H groups in total. The van der Waals surface area contributed by atoms with Crippen LogP contribution in [0.4, 0.5) is 16.4 Å². The van der Waals surface area contributed by atoms with E-state index in [1.54, 1.807) is 4.90 Å². The van der Waals surface area contributed by atoms with E-state index in [2.05, 4.69) is 33.2 Å². The van der Waals surface area contributed by atoms with Gasteiger partial charge in [0, 0.05) is 38.3 Å². The van der Waals surface area contributed by atoms with Crippen LogP contribution in [0.25, 0.3) is 0 Å². The number of aryl methyl sites for hydroxylation is 1. The molecular formula is C19H31N5O2. The van der Waals surface area contributed by atoms with Crippen molar-refractivity contribution in [3.63, 3.8) is 0 Å². The smallest absolute Gasteiger partial charge is 0.409 e. The van der Waals surface area contributed by atoms with Crippen LogP contribution in [0.3, 0.4) is 0 Å². The van der Waals surface area contributed by atoms with Gasteiger partial charge in [-0.25, -0.2) is 14.8 Å². The number of ether oxygens (including phenoxy) is 1. The Balaban J connectivity index is 1.59. The summed E-state index contributed by atoms with van der Waals surface area (Å²) in [6.45, 7) is 10.1. The van der Waals surface area contributed by atoms with Crippen molar-refractivity contribution in [1.82, 2.24) is 14.9 Å². The predicted octanol–water partition coefficient (Wildman–Crippen LogP) is 3.05. The van der Waals surface area contributed by atoms with Crippen molar-refractivity contribution < 1.29 is 9.53 Å². The number of hydrogen-bond acceptors (Lipinski definition) is 6. The second-order valence-corrected chi connectivity index (χ2v) is 7.46. The molecule has 0 saturated carbocycles. The molecule has 3 heterocycles. The van der Waals surface area contributed by atoms with E-state index in [4.69, 9.17) is 4.74 Å². The lowest BCUT2D eigenvalue weighted by molar-refractivity contribution is 0.0983. The van der Waals surface area contributed by atoms with E-state index in [1.807, 2.05) is 13.8 Å². The average molecular weight is 361 g/mol. The van der Waals surface area contributed by atoms with Gasteiger partial charge in [-0.2, -0.15) is 0 Å². The quantitative estimate of drug-likeness (QED) is 0.889. The highest BCUT2D eigenvalue weighted by Crippen LogP contribution is 2.24. The molecule has 1 amide bonds. The van der Waals surface area contributed by atoms with Crippen LogP contribution >= 0.6 is 0 Å². The highest BCUT2D eigenvalue weighted by molar-refractivity contribution is 5.67. The number of amides is 1. The Morgan fingerprint density at radius 3 is 2.73 bits per heavy atom. The van der Waals surface area contributed by atoms with Crippen molar-refractivity contribution in [2.75, 3.05) is 43.0 Å². The van der Waals surface area contributed by atoms with Crippen LogP contribution in [-0.4, -0.2) is 59.8 Å². The molecule has 2 fully saturated rings. The summed E-state index contributed by atoms with van der Waals surface area (Å²) in [7, 11) is 0. The van der Waals surface area contributed by atoms with Crippen molar-refractivity contribution in [1.29, 1.82) is 0 Å². The topological polar surface area (TPSA) is 70.6 Å².